The van der Waals surface area contributed by atoms with E-state index in [0.717, 1.165) is 35.9 Å². The van der Waals surface area contributed by atoms with Crippen LogP contribution in [-0.4, -0.2) is 16.8 Å². The molecule has 1 aliphatic carbocycles. The maximum absolute atomic E-state index is 12.4. The van der Waals surface area contributed by atoms with Gasteiger partial charge in [0.1, 0.15) is 5.69 Å². The van der Waals surface area contributed by atoms with Crippen molar-refractivity contribution >= 4 is 17.5 Å². The number of rotatable bonds is 2. The first-order chi connectivity index (χ1) is 11.8. The van der Waals surface area contributed by atoms with Crippen LogP contribution < -0.4 is 10.6 Å². The third kappa shape index (κ3) is 3.78. The molecule has 0 radical (unpaired) electrons. The molecule has 0 spiro atoms. The summed E-state index contributed by atoms with van der Waals surface area (Å²) in [7, 11) is 0. The summed E-state index contributed by atoms with van der Waals surface area (Å²) in [5, 5.41) is 4.88. The zero-order valence-corrected chi connectivity index (χ0v) is 12.9. The van der Waals surface area contributed by atoms with Gasteiger partial charge in [-0.3, -0.25) is 9.59 Å². The number of hydrogen-bond donors (Lipinski definition) is 2. The second-order valence-corrected chi connectivity index (χ2v) is 5.65. The molecule has 1 aromatic heterocycles. The molecule has 0 saturated heterocycles. The molecular formula is C17H14F3N3O2. The highest BCUT2D eigenvalue weighted by atomic mass is 19.4. The lowest BCUT2D eigenvalue weighted by atomic mass is 10.1. The molecule has 1 aromatic carbocycles. The number of nitrogens with one attached hydrogen (secondary N) is 2. The Labute approximate surface area is 141 Å². The molecule has 2 aromatic rings. The molecule has 0 unspecified atom stereocenters. The second kappa shape index (κ2) is 6.54. The molecule has 5 nitrogen and oxygen atoms in total. The highest BCUT2D eigenvalue weighted by Crippen LogP contribution is 2.30. The Morgan fingerprint density at radius 1 is 1.08 bits per heavy atom. The zero-order valence-electron chi connectivity index (χ0n) is 12.9. The Bertz CT molecular complexity index is 804. The average Bonchev–Trinajstić information content (AvgIpc) is 2.97. The van der Waals surface area contributed by atoms with Crippen LogP contribution in [0.25, 0.3) is 0 Å². The Kier molecular flexibility index (Phi) is 4.43. The summed E-state index contributed by atoms with van der Waals surface area (Å²) in [6.07, 6.45) is -2.19. The zero-order chi connectivity index (χ0) is 18.0. The van der Waals surface area contributed by atoms with Crippen molar-refractivity contribution in [1.29, 1.82) is 0 Å². The molecule has 2 amide bonds. The molecule has 2 N–H and O–H groups in total. The molecule has 1 aliphatic rings. The summed E-state index contributed by atoms with van der Waals surface area (Å²) in [6.45, 7) is 0. The quantitative estimate of drug-likeness (QED) is 0.819. The number of carbonyl (C=O) groups is 2. The molecule has 0 bridgehead atoms. The van der Waals surface area contributed by atoms with E-state index in [2.05, 4.69) is 15.6 Å². The van der Waals surface area contributed by atoms with Crippen molar-refractivity contribution in [3.8, 4) is 0 Å². The van der Waals surface area contributed by atoms with Crippen molar-refractivity contribution < 1.29 is 22.8 Å². The van der Waals surface area contributed by atoms with Gasteiger partial charge in [0.15, 0.2) is 0 Å². The second-order valence-electron chi connectivity index (χ2n) is 5.65. The normalized spacial score (nSPS) is 16.2. The predicted molar refractivity (Wildman–Crippen MR) is 83.5 cm³/mol. The first kappa shape index (κ1) is 16.9. The standard InChI is InChI=1S/C17H14F3N3O2/c18-17(19,20)14-8-6-11(9-21-14)22-15(24)16(25)23-13-7-5-10-3-1-2-4-12(10)13/h1-4,6,8-9,13H,5,7H2,(H,22,24)(H,23,25)/t13-/m1/s1. The summed E-state index contributed by atoms with van der Waals surface area (Å²) in [4.78, 5) is 27.2. The third-order valence-corrected chi connectivity index (χ3v) is 3.96. The Morgan fingerprint density at radius 2 is 1.84 bits per heavy atom. The molecule has 0 aliphatic heterocycles. The number of aryl methyl sites for hydroxylation is 1. The van der Waals surface area contributed by atoms with E-state index in [1.54, 1.807) is 0 Å². The van der Waals surface area contributed by atoms with E-state index in [1.807, 2.05) is 24.3 Å². The molecule has 8 heteroatoms. The Hall–Kier alpha value is -2.90. The minimum Gasteiger partial charge on any atom is -0.341 e. The van der Waals surface area contributed by atoms with Gasteiger partial charge in [-0.1, -0.05) is 24.3 Å². The van der Waals surface area contributed by atoms with E-state index in [0.29, 0.717) is 6.42 Å². The van der Waals surface area contributed by atoms with E-state index in [9.17, 15) is 22.8 Å². The van der Waals surface area contributed by atoms with E-state index in [1.165, 1.54) is 0 Å². The predicted octanol–water partition coefficient (Wildman–Crippen LogP) is 2.84. The van der Waals surface area contributed by atoms with Gasteiger partial charge < -0.3 is 10.6 Å². The van der Waals surface area contributed by atoms with Crippen LogP contribution in [0.5, 0.6) is 0 Å². The van der Waals surface area contributed by atoms with Gasteiger partial charge in [-0.05, 0) is 36.1 Å². The molecular weight excluding hydrogens is 335 g/mol. The summed E-state index contributed by atoms with van der Waals surface area (Å²) < 4.78 is 37.3. The van der Waals surface area contributed by atoms with Crippen molar-refractivity contribution in [2.75, 3.05) is 5.32 Å². The van der Waals surface area contributed by atoms with Crippen molar-refractivity contribution in [2.45, 2.75) is 25.1 Å². The van der Waals surface area contributed by atoms with Crippen LogP contribution in [0.4, 0.5) is 18.9 Å². The molecule has 0 fully saturated rings. The van der Waals surface area contributed by atoms with Crippen LogP contribution in [0.2, 0.25) is 0 Å². The van der Waals surface area contributed by atoms with Gasteiger partial charge in [-0.15, -0.1) is 0 Å². The topological polar surface area (TPSA) is 71.1 Å². The summed E-state index contributed by atoms with van der Waals surface area (Å²) in [5.74, 6) is -1.80. The van der Waals surface area contributed by atoms with Crippen LogP contribution in [0, 0.1) is 0 Å². The minimum absolute atomic E-state index is 0.0139. The van der Waals surface area contributed by atoms with Crippen LogP contribution in [-0.2, 0) is 22.2 Å². The minimum atomic E-state index is -4.56. The van der Waals surface area contributed by atoms with Gasteiger partial charge >= 0.3 is 18.0 Å². The van der Waals surface area contributed by atoms with Crippen molar-refractivity contribution in [2.24, 2.45) is 0 Å². The maximum atomic E-state index is 12.4. The number of benzene rings is 1. The van der Waals surface area contributed by atoms with Gasteiger partial charge in [0.05, 0.1) is 17.9 Å². The lowest BCUT2D eigenvalue weighted by Gasteiger charge is -2.14. The van der Waals surface area contributed by atoms with Gasteiger partial charge in [0.25, 0.3) is 0 Å². The fourth-order valence-corrected chi connectivity index (χ4v) is 2.75. The molecule has 1 atom stereocenters. The molecule has 1 heterocycles. The summed E-state index contributed by atoms with van der Waals surface area (Å²) in [5.41, 5.74) is 1.04. The van der Waals surface area contributed by atoms with Gasteiger partial charge in [0.2, 0.25) is 0 Å². The molecule has 3 rings (SSSR count). The van der Waals surface area contributed by atoms with Crippen molar-refractivity contribution in [3.63, 3.8) is 0 Å². The summed E-state index contributed by atoms with van der Waals surface area (Å²) >= 11 is 0. The molecule has 25 heavy (non-hydrogen) atoms. The Morgan fingerprint density at radius 3 is 2.52 bits per heavy atom. The lowest BCUT2D eigenvalue weighted by molar-refractivity contribution is -0.141. The number of carbonyl (C=O) groups excluding carboxylic acids is 2. The SMILES string of the molecule is O=C(Nc1ccc(C(F)(F)F)nc1)C(=O)N[C@@H]1CCc2ccccc21. The number of anilines is 1. The van der Waals surface area contributed by atoms with Crippen molar-refractivity contribution in [3.05, 3.63) is 59.4 Å². The number of nitrogens with zero attached hydrogens (tertiary/aromatic N) is 1. The fourth-order valence-electron chi connectivity index (χ4n) is 2.75. The van der Waals surface area contributed by atoms with E-state index in [-0.39, 0.29) is 11.7 Å². The lowest BCUT2D eigenvalue weighted by Crippen LogP contribution is -2.37. The van der Waals surface area contributed by atoms with Crippen LogP contribution >= 0.6 is 0 Å². The van der Waals surface area contributed by atoms with Crippen LogP contribution in [0.3, 0.4) is 0 Å². The number of amides is 2. The Balaban J connectivity index is 1.61. The third-order valence-electron chi connectivity index (χ3n) is 3.96. The number of hydrogen-bond acceptors (Lipinski definition) is 3. The summed E-state index contributed by atoms with van der Waals surface area (Å²) in [6, 6.07) is 9.16. The van der Waals surface area contributed by atoms with Crippen LogP contribution in [0.1, 0.15) is 29.3 Å². The first-order valence-corrected chi connectivity index (χ1v) is 7.57. The first-order valence-electron chi connectivity index (χ1n) is 7.57. The highest BCUT2D eigenvalue weighted by Gasteiger charge is 2.32. The van der Waals surface area contributed by atoms with Crippen LogP contribution in [0.15, 0.2) is 42.6 Å². The van der Waals surface area contributed by atoms with E-state index in [4.69, 9.17) is 0 Å². The van der Waals surface area contributed by atoms with E-state index >= 15 is 0 Å². The monoisotopic (exact) mass is 349 g/mol. The smallest absolute Gasteiger partial charge is 0.341 e. The van der Waals surface area contributed by atoms with E-state index < -0.39 is 23.7 Å². The number of pyridine rings is 1. The fraction of sp³-hybridized carbons (Fsp3) is 0.235. The maximum Gasteiger partial charge on any atom is 0.433 e. The number of fused-ring (bicyclic) bond motifs is 1. The number of aromatic nitrogens is 1. The van der Waals surface area contributed by atoms with Gasteiger partial charge in [-0.2, -0.15) is 13.2 Å². The highest BCUT2D eigenvalue weighted by molar-refractivity contribution is 6.39. The average molecular weight is 349 g/mol. The van der Waals surface area contributed by atoms with Gasteiger partial charge in [0, 0.05) is 0 Å². The number of halogens is 3. The largest absolute Gasteiger partial charge is 0.433 e. The van der Waals surface area contributed by atoms with Crippen molar-refractivity contribution in [1.82, 2.24) is 10.3 Å². The molecule has 130 valence electrons. The molecule has 0 saturated carbocycles. The number of alkyl halides is 3. The van der Waals surface area contributed by atoms with Gasteiger partial charge in [-0.25, -0.2) is 4.98 Å².